The predicted molar refractivity (Wildman–Crippen MR) is 86.8 cm³/mol. The Kier molecular flexibility index (Phi) is 5.30. The number of hydrogen-bond donors (Lipinski definition) is 0. The molecule has 0 aromatic carbocycles. The van der Waals surface area contributed by atoms with Crippen molar-refractivity contribution in [1.29, 1.82) is 0 Å². The highest BCUT2D eigenvalue weighted by molar-refractivity contribution is 5.77. The van der Waals surface area contributed by atoms with E-state index in [0.717, 1.165) is 58.3 Å². The maximum absolute atomic E-state index is 12.8. The molecule has 3 heterocycles. The highest BCUT2D eigenvalue weighted by Gasteiger charge is 2.33. The molecule has 1 amide bonds. The standard InChI is InChI=1S/C17H28N4O2/c1-3-20-10-7-14(8-11-20)12-16(22)21-9-5-4-6-15(21)17-18-13(2)19-23-17/h14-15H,3-12H2,1-2H3. The van der Waals surface area contributed by atoms with Gasteiger partial charge in [-0.25, -0.2) is 0 Å². The number of likely N-dealkylation sites (tertiary alicyclic amines) is 2. The third kappa shape index (κ3) is 3.91. The molecule has 6 heteroatoms. The van der Waals surface area contributed by atoms with Crippen molar-refractivity contribution in [2.24, 2.45) is 5.92 Å². The van der Waals surface area contributed by atoms with Gasteiger partial charge in [0.2, 0.25) is 11.8 Å². The Bertz CT molecular complexity index is 522. The van der Waals surface area contributed by atoms with E-state index in [4.69, 9.17) is 4.52 Å². The number of piperidine rings is 2. The third-order valence-corrected chi connectivity index (χ3v) is 5.27. The summed E-state index contributed by atoms with van der Waals surface area (Å²) in [5.41, 5.74) is 0. The smallest absolute Gasteiger partial charge is 0.249 e. The second kappa shape index (κ2) is 7.43. The van der Waals surface area contributed by atoms with Crippen molar-refractivity contribution in [3.63, 3.8) is 0 Å². The second-order valence-corrected chi connectivity index (χ2v) is 6.86. The van der Waals surface area contributed by atoms with E-state index < -0.39 is 0 Å². The number of hydrogen-bond acceptors (Lipinski definition) is 5. The topological polar surface area (TPSA) is 62.5 Å². The molecule has 128 valence electrons. The van der Waals surface area contributed by atoms with Crippen LogP contribution in [0.25, 0.3) is 0 Å². The minimum absolute atomic E-state index is 0.0202. The van der Waals surface area contributed by atoms with E-state index in [9.17, 15) is 4.79 Å². The summed E-state index contributed by atoms with van der Waals surface area (Å²) in [4.78, 5) is 21.6. The quantitative estimate of drug-likeness (QED) is 0.853. The van der Waals surface area contributed by atoms with Gasteiger partial charge in [0.05, 0.1) is 0 Å². The average Bonchev–Trinajstić information content (AvgIpc) is 3.02. The molecule has 2 aliphatic rings. The Morgan fingerprint density at radius 3 is 2.65 bits per heavy atom. The fourth-order valence-corrected chi connectivity index (χ4v) is 3.81. The average molecular weight is 320 g/mol. The Balaban J connectivity index is 1.60. The molecule has 2 fully saturated rings. The summed E-state index contributed by atoms with van der Waals surface area (Å²) >= 11 is 0. The number of carbonyl (C=O) groups excluding carboxylic acids is 1. The summed E-state index contributed by atoms with van der Waals surface area (Å²) in [7, 11) is 0. The van der Waals surface area contributed by atoms with Crippen LogP contribution in [-0.4, -0.2) is 52.0 Å². The number of amides is 1. The lowest BCUT2D eigenvalue weighted by Gasteiger charge is -2.36. The summed E-state index contributed by atoms with van der Waals surface area (Å²) in [6, 6.07) is -0.0202. The molecule has 2 saturated heterocycles. The van der Waals surface area contributed by atoms with Crippen molar-refractivity contribution in [2.75, 3.05) is 26.2 Å². The van der Waals surface area contributed by atoms with Crippen LogP contribution >= 0.6 is 0 Å². The van der Waals surface area contributed by atoms with Gasteiger partial charge in [0.25, 0.3) is 0 Å². The number of carbonyl (C=O) groups is 1. The molecule has 1 aromatic rings. The Morgan fingerprint density at radius 1 is 1.22 bits per heavy atom. The van der Waals surface area contributed by atoms with Crippen LogP contribution in [0.15, 0.2) is 4.52 Å². The molecule has 1 atom stereocenters. The molecule has 23 heavy (non-hydrogen) atoms. The summed E-state index contributed by atoms with van der Waals surface area (Å²) in [5, 5.41) is 3.89. The zero-order valence-corrected chi connectivity index (χ0v) is 14.3. The normalized spacial score (nSPS) is 24.1. The monoisotopic (exact) mass is 320 g/mol. The van der Waals surface area contributed by atoms with Crippen LogP contribution in [0.5, 0.6) is 0 Å². The predicted octanol–water partition coefficient (Wildman–Crippen LogP) is 2.55. The molecular weight excluding hydrogens is 292 g/mol. The molecular formula is C17H28N4O2. The minimum atomic E-state index is -0.0202. The Hall–Kier alpha value is -1.43. The fourth-order valence-electron chi connectivity index (χ4n) is 3.81. The molecule has 6 nitrogen and oxygen atoms in total. The third-order valence-electron chi connectivity index (χ3n) is 5.27. The lowest BCUT2D eigenvalue weighted by atomic mass is 9.92. The zero-order valence-electron chi connectivity index (χ0n) is 14.3. The van der Waals surface area contributed by atoms with Crippen LogP contribution < -0.4 is 0 Å². The van der Waals surface area contributed by atoms with Crippen LogP contribution in [-0.2, 0) is 4.79 Å². The highest BCUT2D eigenvalue weighted by atomic mass is 16.5. The van der Waals surface area contributed by atoms with E-state index in [1.165, 1.54) is 0 Å². The number of nitrogens with zero attached hydrogens (tertiary/aromatic N) is 4. The van der Waals surface area contributed by atoms with Crippen molar-refractivity contribution in [2.45, 2.75) is 58.4 Å². The van der Waals surface area contributed by atoms with Gasteiger partial charge < -0.3 is 14.3 Å². The zero-order chi connectivity index (χ0) is 16.2. The Morgan fingerprint density at radius 2 is 2.00 bits per heavy atom. The van der Waals surface area contributed by atoms with Crippen molar-refractivity contribution in [1.82, 2.24) is 19.9 Å². The van der Waals surface area contributed by atoms with E-state index >= 15 is 0 Å². The van der Waals surface area contributed by atoms with Crippen LogP contribution in [0.2, 0.25) is 0 Å². The van der Waals surface area contributed by atoms with E-state index in [-0.39, 0.29) is 11.9 Å². The second-order valence-electron chi connectivity index (χ2n) is 6.86. The molecule has 0 spiro atoms. The van der Waals surface area contributed by atoms with Gasteiger partial charge in [-0.1, -0.05) is 12.1 Å². The number of aryl methyl sites for hydroxylation is 1. The lowest BCUT2D eigenvalue weighted by Crippen LogP contribution is -2.41. The van der Waals surface area contributed by atoms with E-state index in [1.807, 2.05) is 11.8 Å². The SMILES string of the molecule is CCN1CCC(CC(=O)N2CCCCC2c2nc(C)no2)CC1. The molecule has 0 radical (unpaired) electrons. The molecule has 1 unspecified atom stereocenters. The molecule has 3 rings (SSSR count). The van der Waals surface area contributed by atoms with Crippen LogP contribution in [0.4, 0.5) is 0 Å². The molecule has 0 saturated carbocycles. The van der Waals surface area contributed by atoms with Gasteiger partial charge in [-0.15, -0.1) is 0 Å². The van der Waals surface area contributed by atoms with Crippen molar-refractivity contribution >= 4 is 5.91 Å². The fraction of sp³-hybridized carbons (Fsp3) is 0.824. The molecule has 1 aromatic heterocycles. The molecule has 0 bridgehead atoms. The summed E-state index contributed by atoms with van der Waals surface area (Å²) in [6.45, 7) is 8.21. The van der Waals surface area contributed by atoms with E-state index in [1.54, 1.807) is 0 Å². The van der Waals surface area contributed by atoms with Gasteiger partial charge in [0.15, 0.2) is 5.82 Å². The van der Waals surface area contributed by atoms with Crippen LogP contribution in [0.1, 0.15) is 63.2 Å². The molecule has 2 aliphatic heterocycles. The van der Waals surface area contributed by atoms with E-state index in [0.29, 0.717) is 24.1 Å². The van der Waals surface area contributed by atoms with Crippen molar-refractivity contribution in [3.8, 4) is 0 Å². The maximum Gasteiger partial charge on any atom is 0.249 e. The van der Waals surface area contributed by atoms with Gasteiger partial charge >= 0.3 is 0 Å². The maximum atomic E-state index is 12.8. The highest BCUT2D eigenvalue weighted by Crippen LogP contribution is 2.32. The number of aromatic nitrogens is 2. The van der Waals surface area contributed by atoms with Gasteiger partial charge in [-0.2, -0.15) is 4.98 Å². The van der Waals surface area contributed by atoms with Crippen LogP contribution in [0, 0.1) is 12.8 Å². The van der Waals surface area contributed by atoms with Gasteiger partial charge in [0.1, 0.15) is 6.04 Å². The van der Waals surface area contributed by atoms with Gasteiger partial charge in [-0.3, -0.25) is 4.79 Å². The van der Waals surface area contributed by atoms with Gasteiger partial charge in [0, 0.05) is 13.0 Å². The molecule has 0 aliphatic carbocycles. The minimum Gasteiger partial charge on any atom is -0.337 e. The molecule has 0 N–H and O–H groups in total. The van der Waals surface area contributed by atoms with Crippen molar-refractivity contribution < 1.29 is 9.32 Å². The van der Waals surface area contributed by atoms with Crippen molar-refractivity contribution in [3.05, 3.63) is 11.7 Å². The number of rotatable bonds is 4. The van der Waals surface area contributed by atoms with Crippen LogP contribution in [0.3, 0.4) is 0 Å². The van der Waals surface area contributed by atoms with E-state index in [2.05, 4.69) is 22.0 Å². The first kappa shape index (κ1) is 16.4. The first-order valence-electron chi connectivity index (χ1n) is 8.99. The summed E-state index contributed by atoms with van der Waals surface area (Å²) < 4.78 is 5.34. The Labute approximate surface area is 138 Å². The largest absolute Gasteiger partial charge is 0.337 e. The van der Waals surface area contributed by atoms with Gasteiger partial charge in [-0.05, 0) is 64.6 Å². The first-order valence-corrected chi connectivity index (χ1v) is 8.99. The summed E-state index contributed by atoms with van der Waals surface area (Å²) in [5.74, 6) is 2.04. The summed E-state index contributed by atoms with van der Waals surface area (Å²) in [6.07, 6.45) is 6.06. The first-order chi connectivity index (χ1) is 11.2. The lowest BCUT2D eigenvalue weighted by molar-refractivity contribution is -0.137.